The van der Waals surface area contributed by atoms with Gasteiger partial charge >= 0.3 is 0 Å². The number of para-hydroxylation sites is 1. The van der Waals surface area contributed by atoms with Crippen molar-refractivity contribution in [3.63, 3.8) is 0 Å². The van der Waals surface area contributed by atoms with Gasteiger partial charge in [-0.15, -0.1) is 11.8 Å². The van der Waals surface area contributed by atoms with Crippen molar-refractivity contribution in [1.29, 1.82) is 0 Å². The first kappa shape index (κ1) is 18.8. The van der Waals surface area contributed by atoms with Gasteiger partial charge in [0.25, 0.3) is 0 Å². The molecule has 1 aliphatic heterocycles. The Balaban J connectivity index is 1.32. The zero-order valence-electron chi connectivity index (χ0n) is 15.1. The molecule has 1 saturated heterocycles. The van der Waals surface area contributed by atoms with Crippen LogP contribution < -0.4 is 10.2 Å². The van der Waals surface area contributed by atoms with Crippen LogP contribution in [0.1, 0.15) is 6.42 Å². The minimum atomic E-state index is -0.568. The van der Waals surface area contributed by atoms with Gasteiger partial charge in [-0.3, -0.25) is 14.4 Å². The number of nitrogens with zero attached hydrogens (tertiary/aromatic N) is 5. The highest BCUT2D eigenvalue weighted by atomic mass is 32.2. The van der Waals surface area contributed by atoms with Crippen molar-refractivity contribution in [2.45, 2.75) is 11.7 Å². The summed E-state index contributed by atoms with van der Waals surface area (Å²) in [7, 11) is 0. The Kier molecular flexibility index (Phi) is 5.34. The molecular weight excluding hydrogens is 392 g/mol. The van der Waals surface area contributed by atoms with Crippen LogP contribution in [0.5, 0.6) is 0 Å². The van der Waals surface area contributed by atoms with E-state index in [1.165, 1.54) is 28.4 Å². The van der Waals surface area contributed by atoms with E-state index in [0.717, 1.165) is 11.8 Å². The first-order valence-electron chi connectivity index (χ1n) is 8.76. The lowest BCUT2D eigenvalue weighted by Gasteiger charge is -2.14. The third-order valence-electron chi connectivity index (χ3n) is 4.22. The highest BCUT2D eigenvalue weighted by molar-refractivity contribution is 8.01. The van der Waals surface area contributed by atoms with Crippen LogP contribution in [0, 0.1) is 0 Å². The lowest BCUT2D eigenvalue weighted by atomic mass is 10.3. The molecule has 4 rings (SSSR count). The maximum atomic E-state index is 12.6. The van der Waals surface area contributed by atoms with Crippen LogP contribution in [0.2, 0.25) is 0 Å². The molecule has 1 atom stereocenters. The molecule has 1 N–H and O–H groups in total. The average Bonchev–Trinajstić information content (AvgIpc) is 3.36. The predicted molar refractivity (Wildman–Crippen MR) is 108 cm³/mol. The van der Waals surface area contributed by atoms with Crippen molar-refractivity contribution in [3.8, 4) is 5.82 Å². The summed E-state index contributed by atoms with van der Waals surface area (Å²) < 4.78 is 1.50. The number of hydrogen-bond acceptors (Lipinski definition) is 7. The molecule has 29 heavy (non-hydrogen) atoms. The van der Waals surface area contributed by atoms with Gasteiger partial charge in [-0.1, -0.05) is 18.2 Å². The quantitative estimate of drug-likeness (QED) is 0.618. The highest BCUT2D eigenvalue weighted by Crippen LogP contribution is 2.29. The normalized spacial score (nSPS) is 16.3. The summed E-state index contributed by atoms with van der Waals surface area (Å²) in [5, 5.41) is 6.14. The van der Waals surface area contributed by atoms with Crippen molar-refractivity contribution in [2.24, 2.45) is 0 Å². The molecule has 3 heterocycles. The van der Waals surface area contributed by atoms with E-state index in [9.17, 15) is 14.4 Å². The first-order chi connectivity index (χ1) is 14.1. The molecule has 2 aromatic heterocycles. The second-order valence-corrected chi connectivity index (χ2v) is 7.39. The summed E-state index contributed by atoms with van der Waals surface area (Å²) in [6.45, 7) is 0. The van der Waals surface area contributed by atoms with E-state index in [4.69, 9.17) is 0 Å². The maximum absolute atomic E-state index is 12.6. The number of amides is 3. The predicted octanol–water partition coefficient (Wildman–Crippen LogP) is 1.67. The third kappa shape index (κ3) is 4.16. The zero-order chi connectivity index (χ0) is 20.2. The monoisotopic (exact) mass is 408 g/mol. The number of benzene rings is 1. The topological polar surface area (TPSA) is 110 Å². The maximum Gasteiger partial charge on any atom is 0.247 e. The number of anilines is 2. The summed E-state index contributed by atoms with van der Waals surface area (Å²) in [4.78, 5) is 46.3. The number of hydrogen-bond donors (Lipinski definition) is 1. The van der Waals surface area contributed by atoms with Crippen LogP contribution in [-0.2, 0) is 14.4 Å². The molecule has 0 saturated carbocycles. The molecular formula is C19H16N6O3S. The van der Waals surface area contributed by atoms with E-state index in [1.54, 1.807) is 36.4 Å². The Morgan fingerprint density at radius 1 is 1.17 bits per heavy atom. The largest absolute Gasteiger partial charge is 0.324 e. The summed E-state index contributed by atoms with van der Waals surface area (Å²) in [6, 6.07) is 12.2. The third-order valence-corrected chi connectivity index (χ3v) is 5.42. The number of imide groups is 1. The van der Waals surface area contributed by atoms with E-state index < -0.39 is 5.25 Å². The van der Waals surface area contributed by atoms with Crippen molar-refractivity contribution >= 4 is 40.9 Å². The summed E-state index contributed by atoms with van der Waals surface area (Å²) in [5.41, 5.74) is 1.08. The minimum absolute atomic E-state index is 0.0527. The standard InChI is InChI=1S/C19H16N6O3S/c26-17(23-13-6-7-16(21-9-13)24-12-20-11-22-24)10-29-15-8-18(27)25(19(15)28)14-4-2-1-3-5-14/h1-7,9,11-12,15H,8,10H2,(H,23,26)/t15-/m0/s1. The van der Waals surface area contributed by atoms with E-state index >= 15 is 0 Å². The van der Waals surface area contributed by atoms with Crippen molar-refractivity contribution in [2.75, 3.05) is 16.0 Å². The van der Waals surface area contributed by atoms with Gasteiger partial charge in [-0.05, 0) is 24.3 Å². The smallest absolute Gasteiger partial charge is 0.247 e. The molecule has 3 aromatic rings. The molecule has 146 valence electrons. The van der Waals surface area contributed by atoms with Crippen LogP contribution in [-0.4, -0.2) is 48.5 Å². The molecule has 1 aliphatic rings. The SMILES string of the molecule is O=C(CS[C@H]1CC(=O)N(c2ccccc2)C1=O)Nc1ccc(-n2cncn2)nc1. The number of carbonyl (C=O) groups is 3. The Morgan fingerprint density at radius 2 is 2.00 bits per heavy atom. The molecule has 0 aliphatic carbocycles. The number of carbonyl (C=O) groups excluding carboxylic acids is 3. The van der Waals surface area contributed by atoms with Gasteiger partial charge in [0.05, 0.1) is 28.6 Å². The first-order valence-corrected chi connectivity index (χ1v) is 9.81. The van der Waals surface area contributed by atoms with E-state index in [1.807, 2.05) is 6.07 Å². The second-order valence-electron chi connectivity index (χ2n) is 6.20. The van der Waals surface area contributed by atoms with Gasteiger partial charge in [0, 0.05) is 6.42 Å². The van der Waals surface area contributed by atoms with Crippen molar-refractivity contribution < 1.29 is 14.4 Å². The molecule has 1 fully saturated rings. The fourth-order valence-electron chi connectivity index (χ4n) is 2.88. The second kappa shape index (κ2) is 8.23. The average molecular weight is 408 g/mol. The van der Waals surface area contributed by atoms with Crippen LogP contribution in [0.3, 0.4) is 0 Å². The number of nitrogens with one attached hydrogen (secondary N) is 1. The summed E-state index contributed by atoms with van der Waals surface area (Å²) in [5.74, 6) is -0.198. The van der Waals surface area contributed by atoms with Gasteiger partial charge < -0.3 is 5.32 Å². The lowest BCUT2D eigenvalue weighted by Crippen LogP contribution is -2.31. The molecule has 0 unspecified atom stereocenters. The fourth-order valence-corrected chi connectivity index (χ4v) is 3.81. The molecule has 10 heteroatoms. The Bertz CT molecular complexity index is 1020. The summed E-state index contributed by atoms with van der Waals surface area (Å²) in [6.07, 6.45) is 4.53. The summed E-state index contributed by atoms with van der Waals surface area (Å²) >= 11 is 1.16. The molecule has 0 spiro atoms. The molecule has 9 nitrogen and oxygen atoms in total. The number of aromatic nitrogens is 4. The number of thioether (sulfide) groups is 1. The van der Waals surface area contributed by atoms with Crippen LogP contribution in [0.4, 0.5) is 11.4 Å². The number of rotatable bonds is 6. The molecule has 0 radical (unpaired) electrons. The Morgan fingerprint density at radius 3 is 2.69 bits per heavy atom. The number of pyridine rings is 1. The van der Waals surface area contributed by atoms with E-state index in [-0.39, 0.29) is 29.9 Å². The highest BCUT2D eigenvalue weighted by Gasteiger charge is 2.39. The van der Waals surface area contributed by atoms with Gasteiger partial charge in [0.1, 0.15) is 12.7 Å². The zero-order valence-corrected chi connectivity index (χ0v) is 16.0. The van der Waals surface area contributed by atoms with Gasteiger partial charge in [0.15, 0.2) is 5.82 Å². The molecule has 3 amide bonds. The van der Waals surface area contributed by atoms with E-state index in [0.29, 0.717) is 17.2 Å². The van der Waals surface area contributed by atoms with Gasteiger partial charge in [0.2, 0.25) is 17.7 Å². The van der Waals surface area contributed by atoms with Crippen LogP contribution in [0.15, 0.2) is 61.3 Å². The van der Waals surface area contributed by atoms with Crippen molar-refractivity contribution in [1.82, 2.24) is 19.7 Å². The fraction of sp³-hybridized carbons (Fsp3) is 0.158. The van der Waals surface area contributed by atoms with Gasteiger partial charge in [-0.2, -0.15) is 5.10 Å². The van der Waals surface area contributed by atoms with E-state index in [2.05, 4.69) is 20.4 Å². The van der Waals surface area contributed by atoms with Crippen LogP contribution >= 0.6 is 11.8 Å². The van der Waals surface area contributed by atoms with Crippen LogP contribution in [0.25, 0.3) is 5.82 Å². The minimum Gasteiger partial charge on any atom is -0.324 e. The van der Waals surface area contributed by atoms with Gasteiger partial charge in [-0.25, -0.2) is 19.5 Å². The van der Waals surface area contributed by atoms with Crippen molar-refractivity contribution in [3.05, 3.63) is 61.3 Å². The lowest BCUT2D eigenvalue weighted by molar-refractivity contribution is -0.121. The Hall–Kier alpha value is -3.53. The molecule has 0 bridgehead atoms. The Labute approximate surface area is 170 Å². The molecule has 1 aromatic carbocycles.